The van der Waals surface area contributed by atoms with Crippen LogP contribution < -0.4 is 10.6 Å². The van der Waals surface area contributed by atoms with Crippen LogP contribution in [-0.4, -0.2) is 35.7 Å². The molecular formula is C29H52N2O2. The molecule has 5 saturated carbocycles. The second-order valence-corrected chi connectivity index (χ2v) is 12.2. The summed E-state index contributed by atoms with van der Waals surface area (Å²) in [5, 5.41) is 7.43. The Morgan fingerprint density at radius 1 is 0.606 bits per heavy atom. The quantitative estimate of drug-likeness (QED) is 0.451. The SMILES string of the molecule is O=C(COC1CCCCCCCCCC1)NC12CC(NC3CCCCCCCCCC3)(C1)C2. The molecule has 0 aromatic heterocycles. The highest BCUT2D eigenvalue weighted by Crippen LogP contribution is 2.60. The van der Waals surface area contributed by atoms with Crippen LogP contribution in [0.25, 0.3) is 0 Å². The van der Waals surface area contributed by atoms with Gasteiger partial charge in [0.2, 0.25) is 5.91 Å². The van der Waals surface area contributed by atoms with E-state index < -0.39 is 0 Å². The van der Waals surface area contributed by atoms with Gasteiger partial charge in [-0.05, 0) is 44.9 Å². The first-order chi connectivity index (χ1) is 16.2. The number of amides is 1. The van der Waals surface area contributed by atoms with Crippen LogP contribution in [-0.2, 0) is 9.53 Å². The highest BCUT2D eigenvalue weighted by Gasteiger charge is 2.68. The molecule has 1 amide bonds. The van der Waals surface area contributed by atoms with E-state index in [0.29, 0.717) is 11.6 Å². The normalized spacial score (nSPS) is 33.6. The van der Waals surface area contributed by atoms with Gasteiger partial charge in [-0.25, -0.2) is 0 Å². The molecule has 0 saturated heterocycles. The summed E-state index contributed by atoms with van der Waals surface area (Å²) in [5.41, 5.74) is 0.406. The molecule has 0 heterocycles. The molecule has 0 spiro atoms. The average molecular weight is 461 g/mol. The van der Waals surface area contributed by atoms with Crippen LogP contribution in [0.5, 0.6) is 0 Å². The summed E-state index contributed by atoms with van der Waals surface area (Å²) in [6.45, 7) is 0.259. The van der Waals surface area contributed by atoms with E-state index >= 15 is 0 Å². The van der Waals surface area contributed by atoms with Crippen molar-refractivity contribution in [3.63, 3.8) is 0 Å². The Labute approximate surface area is 203 Å². The fourth-order valence-electron chi connectivity index (χ4n) is 7.28. The molecule has 190 valence electrons. The Balaban J connectivity index is 1.13. The van der Waals surface area contributed by atoms with E-state index in [1.165, 1.54) is 116 Å². The van der Waals surface area contributed by atoms with Gasteiger partial charge in [-0.2, -0.15) is 0 Å². The third kappa shape index (κ3) is 7.95. The summed E-state index contributed by atoms with van der Waals surface area (Å²) in [6.07, 6.45) is 30.6. The number of hydrogen-bond acceptors (Lipinski definition) is 3. The van der Waals surface area contributed by atoms with Gasteiger partial charge >= 0.3 is 0 Å². The summed E-state index contributed by atoms with van der Waals surface area (Å²) >= 11 is 0. The molecule has 0 unspecified atom stereocenters. The predicted octanol–water partition coefficient (Wildman–Crippen LogP) is 6.95. The number of carbonyl (C=O) groups excluding carboxylic acids is 1. The van der Waals surface area contributed by atoms with Crippen LogP contribution in [0.3, 0.4) is 0 Å². The van der Waals surface area contributed by atoms with E-state index in [9.17, 15) is 4.79 Å². The van der Waals surface area contributed by atoms with Gasteiger partial charge in [0.05, 0.1) is 6.10 Å². The minimum Gasteiger partial charge on any atom is -0.368 e. The maximum absolute atomic E-state index is 12.7. The van der Waals surface area contributed by atoms with Crippen molar-refractivity contribution in [2.75, 3.05) is 6.61 Å². The number of ether oxygens (including phenoxy) is 1. The largest absolute Gasteiger partial charge is 0.368 e. The van der Waals surface area contributed by atoms with Gasteiger partial charge in [0.1, 0.15) is 6.61 Å². The minimum atomic E-state index is 0.0785. The first-order valence-corrected chi connectivity index (χ1v) is 14.9. The van der Waals surface area contributed by atoms with Crippen LogP contribution in [0.15, 0.2) is 0 Å². The minimum absolute atomic E-state index is 0.0785. The molecule has 5 aliphatic rings. The first-order valence-electron chi connectivity index (χ1n) is 14.9. The topological polar surface area (TPSA) is 50.4 Å². The van der Waals surface area contributed by atoms with Crippen LogP contribution in [0.1, 0.15) is 148 Å². The molecule has 0 aliphatic heterocycles. The van der Waals surface area contributed by atoms with Crippen LogP contribution in [0, 0.1) is 0 Å². The summed E-state index contributed by atoms with van der Waals surface area (Å²) in [5.74, 6) is 0.118. The molecule has 2 N–H and O–H groups in total. The molecule has 5 rings (SSSR count). The lowest BCUT2D eigenvalue weighted by molar-refractivity contribution is -0.149. The van der Waals surface area contributed by atoms with Gasteiger partial charge in [-0.3, -0.25) is 4.79 Å². The molecule has 0 aromatic rings. The van der Waals surface area contributed by atoms with Crippen molar-refractivity contribution in [1.82, 2.24) is 10.6 Å². The fourth-order valence-corrected chi connectivity index (χ4v) is 7.28. The molecule has 2 bridgehead atoms. The van der Waals surface area contributed by atoms with Crippen LogP contribution in [0.4, 0.5) is 0 Å². The summed E-state index contributed by atoms with van der Waals surface area (Å²) < 4.78 is 6.13. The lowest BCUT2D eigenvalue weighted by atomic mass is 9.44. The van der Waals surface area contributed by atoms with Crippen molar-refractivity contribution in [2.24, 2.45) is 0 Å². The van der Waals surface area contributed by atoms with Crippen molar-refractivity contribution in [3.8, 4) is 0 Å². The van der Waals surface area contributed by atoms with Crippen molar-refractivity contribution < 1.29 is 9.53 Å². The Morgan fingerprint density at radius 3 is 1.52 bits per heavy atom. The number of carbonyl (C=O) groups is 1. The molecule has 5 fully saturated rings. The molecular weight excluding hydrogens is 408 g/mol. The van der Waals surface area contributed by atoms with E-state index in [1.54, 1.807) is 0 Å². The molecule has 0 aromatic carbocycles. The monoisotopic (exact) mass is 460 g/mol. The maximum atomic E-state index is 12.7. The highest BCUT2D eigenvalue weighted by molar-refractivity contribution is 5.79. The second kappa shape index (κ2) is 12.9. The molecule has 4 heteroatoms. The lowest BCUT2D eigenvalue weighted by Gasteiger charge is -2.71. The zero-order valence-electron chi connectivity index (χ0n) is 21.4. The van der Waals surface area contributed by atoms with Gasteiger partial charge in [0.25, 0.3) is 0 Å². The van der Waals surface area contributed by atoms with Gasteiger partial charge in [-0.1, -0.05) is 103 Å². The lowest BCUT2D eigenvalue weighted by Crippen LogP contribution is -2.84. The Hall–Kier alpha value is -0.610. The molecule has 4 nitrogen and oxygen atoms in total. The van der Waals surface area contributed by atoms with Crippen molar-refractivity contribution in [2.45, 2.75) is 171 Å². The molecule has 0 atom stereocenters. The Bertz CT molecular complexity index is 548. The summed E-state index contributed by atoms with van der Waals surface area (Å²) in [6, 6.07) is 0.692. The standard InChI is InChI=1S/C29H52N2O2/c32-27(21-33-26-19-15-11-7-3-4-8-12-16-20-26)31-29-22-28(23-29,24-29)30-25-17-13-9-5-1-2-6-10-14-18-25/h25-26,30H,1-24H2,(H,31,32). The van der Waals surface area contributed by atoms with E-state index in [-0.39, 0.29) is 24.2 Å². The van der Waals surface area contributed by atoms with Crippen molar-refractivity contribution in [3.05, 3.63) is 0 Å². The molecule has 33 heavy (non-hydrogen) atoms. The third-order valence-corrected chi connectivity index (χ3v) is 9.05. The number of hydrogen-bond donors (Lipinski definition) is 2. The highest BCUT2D eigenvalue weighted by atomic mass is 16.5. The Morgan fingerprint density at radius 2 is 1.03 bits per heavy atom. The summed E-state index contributed by atoms with van der Waals surface area (Å²) in [7, 11) is 0. The third-order valence-electron chi connectivity index (χ3n) is 9.05. The second-order valence-electron chi connectivity index (χ2n) is 12.2. The zero-order valence-corrected chi connectivity index (χ0v) is 21.4. The fraction of sp³-hybridized carbons (Fsp3) is 0.966. The smallest absolute Gasteiger partial charge is 0.246 e. The number of rotatable bonds is 6. The van der Waals surface area contributed by atoms with Crippen molar-refractivity contribution >= 4 is 5.91 Å². The van der Waals surface area contributed by atoms with Gasteiger partial charge in [0.15, 0.2) is 0 Å². The first kappa shape index (κ1) is 25.5. The van der Waals surface area contributed by atoms with Gasteiger partial charge in [0, 0.05) is 17.1 Å². The predicted molar refractivity (Wildman–Crippen MR) is 136 cm³/mol. The van der Waals surface area contributed by atoms with E-state index in [1.807, 2.05) is 0 Å². The van der Waals surface area contributed by atoms with E-state index in [4.69, 9.17) is 4.74 Å². The molecule has 0 radical (unpaired) electrons. The van der Waals surface area contributed by atoms with Crippen molar-refractivity contribution in [1.29, 1.82) is 0 Å². The molecule has 5 aliphatic carbocycles. The van der Waals surface area contributed by atoms with Crippen LogP contribution in [0.2, 0.25) is 0 Å². The maximum Gasteiger partial charge on any atom is 0.246 e. The summed E-state index contributed by atoms with van der Waals surface area (Å²) in [4.78, 5) is 12.7. The van der Waals surface area contributed by atoms with Gasteiger partial charge < -0.3 is 15.4 Å². The number of nitrogens with one attached hydrogen (secondary N) is 2. The zero-order chi connectivity index (χ0) is 22.8. The van der Waals surface area contributed by atoms with Crippen LogP contribution >= 0.6 is 0 Å². The Kier molecular flexibility index (Phi) is 9.97. The van der Waals surface area contributed by atoms with Gasteiger partial charge in [-0.15, -0.1) is 0 Å². The van der Waals surface area contributed by atoms with E-state index in [2.05, 4.69) is 10.6 Å². The average Bonchev–Trinajstić information content (AvgIpc) is 2.86. The van der Waals surface area contributed by atoms with E-state index in [0.717, 1.165) is 32.1 Å².